The van der Waals surface area contributed by atoms with E-state index < -0.39 is 0 Å². The van der Waals surface area contributed by atoms with Crippen LogP contribution in [0.2, 0.25) is 0 Å². The molecule has 0 atom stereocenters. The molecule has 3 aromatic heterocycles. The van der Waals surface area contributed by atoms with E-state index in [-0.39, 0.29) is 0 Å². The van der Waals surface area contributed by atoms with Gasteiger partial charge in [-0.2, -0.15) is 0 Å². The molecule has 0 fully saturated rings. The molecule has 0 bridgehead atoms. The number of aromatic nitrogens is 2. The number of furan rings is 1. The van der Waals surface area contributed by atoms with Gasteiger partial charge in [0.25, 0.3) is 0 Å². The minimum Gasteiger partial charge on any atom is -0.456 e. The third-order valence-electron chi connectivity index (χ3n) is 11.7. The lowest BCUT2D eigenvalue weighted by Crippen LogP contribution is -1.94. The van der Waals surface area contributed by atoms with Crippen molar-refractivity contribution in [3.8, 4) is 44.8 Å². The van der Waals surface area contributed by atoms with Gasteiger partial charge in [-0.1, -0.05) is 127 Å². The van der Waals surface area contributed by atoms with E-state index in [1.807, 2.05) is 12.1 Å². The van der Waals surface area contributed by atoms with Crippen LogP contribution < -0.4 is 0 Å². The Morgan fingerprint density at radius 2 is 0.860 bits per heavy atom. The van der Waals surface area contributed by atoms with Gasteiger partial charge in [0.2, 0.25) is 0 Å². The van der Waals surface area contributed by atoms with Gasteiger partial charge >= 0.3 is 0 Å². The fraction of sp³-hybridized carbons (Fsp3) is 0. The molecule has 0 N–H and O–H groups in total. The first kappa shape index (κ1) is 31.7. The highest BCUT2D eigenvalue weighted by molar-refractivity contribution is 6.18. The SMILES string of the molecule is c1ccc(-c2cc(-c3ccccc3)c3c4cc(-c5ccc6c(c5)c5ccccc5n6-c5ccc6oc7ccccc7c6c5)ccc4n(-c4ccccc4)c3c2)cc1. The van der Waals surface area contributed by atoms with E-state index >= 15 is 0 Å². The first-order valence-electron chi connectivity index (χ1n) is 19.5. The van der Waals surface area contributed by atoms with Gasteiger partial charge in [-0.15, -0.1) is 0 Å². The van der Waals surface area contributed by atoms with E-state index in [1.54, 1.807) is 0 Å². The third-order valence-corrected chi connectivity index (χ3v) is 11.7. The van der Waals surface area contributed by atoms with Crippen molar-refractivity contribution < 1.29 is 4.42 Å². The molecular weight excluding hydrogens is 693 g/mol. The molecule has 0 aliphatic heterocycles. The summed E-state index contributed by atoms with van der Waals surface area (Å²) in [7, 11) is 0. The molecule has 0 spiro atoms. The standard InChI is InChI=1S/C54H34N2O/c1-4-14-35(15-5-1)39-32-44(36-16-6-2-7-17-36)54-47-31-38(25-28-50(47)55(51(54)33-39)40-18-8-3-9-19-40)37-24-27-49-45(30-37)42-20-10-12-22-48(42)56(49)41-26-29-53-46(34-41)43-21-11-13-23-52(43)57-53/h1-34H. The lowest BCUT2D eigenvalue weighted by molar-refractivity contribution is 0.669. The average molecular weight is 727 g/mol. The van der Waals surface area contributed by atoms with Crippen LogP contribution in [0.25, 0.3) is 110 Å². The van der Waals surface area contributed by atoms with Crippen LogP contribution in [0.1, 0.15) is 0 Å². The van der Waals surface area contributed by atoms with E-state index in [0.717, 1.165) is 33.3 Å². The highest BCUT2D eigenvalue weighted by atomic mass is 16.3. The van der Waals surface area contributed by atoms with Crippen LogP contribution in [0.3, 0.4) is 0 Å². The second-order valence-electron chi connectivity index (χ2n) is 14.9. The third kappa shape index (κ3) is 4.92. The predicted octanol–water partition coefficient (Wildman–Crippen LogP) is 14.8. The number of nitrogens with zero attached hydrogens (tertiary/aromatic N) is 2. The zero-order valence-corrected chi connectivity index (χ0v) is 30.9. The maximum Gasteiger partial charge on any atom is 0.135 e. The Kier molecular flexibility index (Phi) is 6.93. The van der Waals surface area contributed by atoms with Crippen molar-refractivity contribution in [1.29, 1.82) is 0 Å². The van der Waals surface area contributed by atoms with Gasteiger partial charge in [0, 0.05) is 43.7 Å². The first-order chi connectivity index (χ1) is 28.3. The Bertz CT molecular complexity index is 3500. The van der Waals surface area contributed by atoms with Crippen molar-refractivity contribution in [1.82, 2.24) is 9.13 Å². The molecule has 0 radical (unpaired) electrons. The first-order valence-corrected chi connectivity index (χ1v) is 19.5. The zero-order chi connectivity index (χ0) is 37.5. The topological polar surface area (TPSA) is 23.0 Å². The molecule has 12 rings (SSSR count). The van der Waals surface area contributed by atoms with Crippen LogP contribution >= 0.6 is 0 Å². The van der Waals surface area contributed by atoms with E-state index in [2.05, 4.69) is 203 Å². The van der Waals surface area contributed by atoms with Crippen molar-refractivity contribution in [2.75, 3.05) is 0 Å². The Labute approximate surface area is 328 Å². The molecule has 0 saturated carbocycles. The Balaban J connectivity index is 1.09. The summed E-state index contributed by atoms with van der Waals surface area (Å²) in [4.78, 5) is 0. The number of hydrogen-bond acceptors (Lipinski definition) is 1. The molecule has 3 heterocycles. The molecule has 266 valence electrons. The highest BCUT2D eigenvalue weighted by Crippen LogP contribution is 2.44. The molecular formula is C54H34N2O. The summed E-state index contributed by atoms with van der Waals surface area (Å²) in [5.41, 5.74) is 16.0. The van der Waals surface area contributed by atoms with Gasteiger partial charge in [-0.3, -0.25) is 0 Å². The fourth-order valence-corrected chi connectivity index (χ4v) is 9.11. The van der Waals surface area contributed by atoms with Crippen LogP contribution in [0.4, 0.5) is 0 Å². The monoisotopic (exact) mass is 726 g/mol. The molecule has 0 aliphatic carbocycles. The second-order valence-corrected chi connectivity index (χ2v) is 14.9. The van der Waals surface area contributed by atoms with E-state index in [1.165, 1.54) is 77.0 Å². The van der Waals surface area contributed by atoms with E-state index in [9.17, 15) is 0 Å². The fourth-order valence-electron chi connectivity index (χ4n) is 9.11. The number of rotatable bonds is 5. The summed E-state index contributed by atoms with van der Waals surface area (Å²) in [6.45, 7) is 0. The summed E-state index contributed by atoms with van der Waals surface area (Å²) in [6, 6.07) is 74.6. The van der Waals surface area contributed by atoms with Crippen molar-refractivity contribution in [2.24, 2.45) is 0 Å². The minimum absolute atomic E-state index is 0.902. The average Bonchev–Trinajstić information content (AvgIpc) is 3.94. The highest BCUT2D eigenvalue weighted by Gasteiger charge is 2.20. The molecule has 0 saturated heterocycles. The summed E-state index contributed by atoms with van der Waals surface area (Å²) in [5.74, 6) is 0. The van der Waals surface area contributed by atoms with Crippen LogP contribution in [0.15, 0.2) is 211 Å². The van der Waals surface area contributed by atoms with Crippen molar-refractivity contribution >= 4 is 65.6 Å². The number of hydrogen-bond donors (Lipinski definition) is 0. The predicted molar refractivity (Wildman–Crippen MR) is 239 cm³/mol. The molecule has 57 heavy (non-hydrogen) atoms. The molecule has 3 heteroatoms. The Hall–Kier alpha value is -7.62. The largest absolute Gasteiger partial charge is 0.456 e. The number of fused-ring (bicyclic) bond motifs is 9. The van der Waals surface area contributed by atoms with Crippen molar-refractivity contribution in [3.63, 3.8) is 0 Å². The van der Waals surface area contributed by atoms with Gasteiger partial charge in [-0.25, -0.2) is 0 Å². The van der Waals surface area contributed by atoms with Gasteiger partial charge in [0.15, 0.2) is 0 Å². The molecule has 0 unspecified atom stereocenters. The quantitative estimate of drug-likeness (QED) is 0.173. The maximum absolute atomic E-state index is 6.20. The minimum atomic E-state index is 0.902. The van der Waals surface area contributed by atoms with Gasteiger partial charge < -0.3 is 13.6 Å². The van der Waals surface area contributed by atoms with E-state index in [4.69, 9.17) is 4.42 Å². The normalized spacial score (nSPS) is 11.9. The van der Waals surface area contributed by atoms with Crippen LogP contribution in [-0.4, -0.2) is 9.13 Å². The van der Waals surface area contributed by atoms with Gasteiger partial charge in [0.05, 0.1) is 22.1 Å². The second kappa shape index (κ2) is 12.5. The summed E-state index contributed by atoms with van der Waals surface area (Å²) in [5, 5.41) is 7.19. The number of para-hydroxylation sites is 3. The van der Waals surface area contributed by atoms with Gasteiger partial charge in [-0.05, 0) is 112 Å². The lowest BCUT2D eigenvalue weighted by atomic mass is 9.93. The van der Waals surface area contributed by atoms with E-state index in [0.29, 0.717) is 0 Å². The van der Waals surface area contributed by atoms with Crippen LogP contribution in [0, 0.1) is 0 Å². The van der Waals surface area contributed by atoms with Gasteiger partial charge in [0.1, 0.15) is 11.2 Å². The maximum atomic E-state index is 6.20. The Morgan fingerprint density at radius 1 is 0.281 bits per heavy atom. The van der Waals surface area contributed by atoms with Crippen LogP contribution in [-0.2, 0) is 0 Å². The molecule has 0 aliphatic rings. The van der Waals surface area contributed by atoms with Crippen LogP contribution in [0.5, 0.6) is 0 Å². The molecule has 3 nitrogen and oxygen atoms in total. The lowest BCUT2D eigenvalue weighted by Gasteiger charge is -2.12. The summed E-state index contributed by atoms with van der Waals surface area (Å²) in [6.07, 6.45) is 0. The molecule has 0 amide bonds. The van der Waals surface area contributed by atoms with Crippen molar-refractivity contribution in [3.05, 3.63) is 206 Å². The molecule has 9 aromatic carbocycles. The smallest absolute Gasteiger partial charge is 0.135 e. The molecule has 12 aromatic rings. The Morgan fingerprint density at radius 3 is 1.63 bits per heavy atom. The van der Waals surface area contributed by atoms with Crippen molar-refractivity contribution in [2.45, 2.75) is 0 Å². The summed E-state index contributed by atoms with van der Waals surface area (Å²) < 4.78 is 11.0. The summed E-state index contributed by atoms with van der Waals surface area (Å²) >= 11 is 0. The number of benzene rings is 9. The zero-order valence-electron chi connectivity index (χ0n) is 30.9.